The quantitative estimate of drug-likeness (QED) is 0.345. The molecule has 2 atom stereocenters. The van der Waals surface area contributed by atoms with Crippen LogP contribution in [0, 0.1) is 17.1 Å². The van der Waals surface area contributed by atoms with E-state index in [1.807, 2.05) is 19.2 Å². The van der Waals surface area contributed by atoms with Gasteiger partial charge in [0.25, 0.3) is 5.91 Å². The van der Waals surface area contributed by atoms with Crippen LogP contribution in [0.3, 0.4) is 0 Å². The highest BCUT2D eigenvalue weighted by atomic mass is 19.1. The maximum Gasteiger partial charge on any atom is 0.274 e. The first-order valence-electron chi connectivity index (χ1n) is 13.4. The normalized spacial score (nSPS) is 19.5. The first-order valence-corrected chi connectivity index (χ1v) is 13.4. The number of nitrogens with zero attached hydrogens (tertiary/aromatic N) is 6. The van der Waals surface area contributed by atoms with Crippen molar-refractivity contribution in [3.63, 3.8) is 0 Å². The van der Waals surface area contributed by atoms with Crippen LogP contribution in [-0.4, -0.2) is 76.3 Å². The van der Waals surface area contributed by atoms with E-state index in [-0.39, 0.29) is 41.0 Å². The Bertz CT molecular complexity index is 1730. The van der Waals surface area contributed by atoms with Crippen molar-refractivity contribution in [3.8, 4) is 34.3 Å². The van der Waals surface area contributed by atoms with Crippen molar-refractivity contribution in [1.29, 1.82) is 5.26 Å². The number of hydrogen-bond donors (Lipinski definition) is 2. The minimum absolute atomic E-state index is 0.0162. The molecule has 42 heavy (non-hydrogen) atoms. The second kappa shape index (κ2) is 10.8. The van der Waals surface area contributed by atoms with Gasteiger partial charge in [0, 0.05) is 43.3 Å². The van der Waals surface area contributed by atoms with Gasteiger partial charge in [0.15, 0.2) is 5.82 Å². The number of nitriles is 1. The van der Waals surface area contributed by atoms with Gasteiger partial charge in [-0.25, -0.2) is 14.4 Å². The van der Waals surface area contributed by atoms with E-state index in [4.69, 9.17) is 4.74 Å². The largest absolute Gasteiger partial charge is 0.496 e. The van der Waals surface area contributed by atoms with Crippen LogP contribution in [0.25, 0.3) is 22.5 Å². The number of nitrogens with one attached hydrogen (secondary N) is 1. The molecule has 11 heteroatoms. The van der Waals surface area contributed by atoms with Crippen molar-refractivity contribution < 1.29 is 19.0 Å². The number of fused-ring (bicyclic) bond motifs is 2. The summed E-state index contributed by atoms with van der Waals surface area (Å²) in [6, 6.07) is 15.4. The number of piperazine rings is 1. The molecule has 10 nitrogen and oxygen atoms in total. The average molecular weight is 566 g/mol. The van der Waals surface area contributed by atoms with Gasteiger partial charge >= 0.3 is 0 Å². The van der Waals surface area contributed by atoms with Gasteiger partial charge in [0.05, 0.1) is 47.8 Å². The summed E-state index contributed by atoms with van der Waals surface area (Å²) in [5.74, 6) is -0.785. The van der Waals surface area contributed by atoms with Crippen molar-refractivity contribution in [2.75, 3.05) is 44.1 Å². The summed E-state index contributed by atoms with van der Waals surface area (Å²) in [6.07, 6.45) is 5.41. The third-order valence-corrected chi connectivity index (χ3v) is 8.22. The number of methoxy groups -OCH3 is 1. The number of aliphatic hydroxyl groups is 1. The number of carbonyl (C=O) groups is 1. The number of likely N-dealkylation sites (tertiary alicyclic amines) is 1. The Morgan fingerprint density at radius 2 is 2.12 bits per heavy atom. The van der Waals surface area contributed by atoms with E-state index in [1.165, 1.54) is 31.5 Å². The third-order valence-electron chi connectivity index (χ3n) is 8.22. The van der Waals surface area contributed by atoms with Gasteiger partial charge in [0.1, 0.15) is 17.3 Å². The smallest absolute Gasteiger partial charge is 0.274 e. The summed E-state index contributed by atoms with van der Waals surface area (Å²) >= 11 is 0. The highest BCUT2D eigenvalue weighted by Gasteiger charge is 2.53. The van der Waals surface area contributed by atoms with Gasteiger partial charge in [-0.2, -0.15) is 5.26 Å². The Morgan fingerprint density at radius 3 is 2.88 bits per heavy atom. The van der Waals surface area contributed by atoms with E-state index in [0.717, 1.165) is 24.2 Å². The Kier molecular flexibility index (Phi) is 7.02. The summed E-state index contributed by atoms with van der Waals surface area (Å²) in [6.45, 7) is 1.34. The minimum Gasteiger partial charge on any atom is -0.496 e. The zero-order valence-corrected chi connectivity index (χ0v) is 23.1. The highest BCUT2D eigenvalue weighted by molar-refractivity contribution is 6.05. The molecule has 2 bridgehead atoms. The SMILES string of the molecule is COc1cccc(F)c1-c1nccc(C(=O)Nc2ccc(-c3cnccc3C#N)cc2N2C[C@]3(CO)C[C@H]2CN3C)n1. The van der Waals surface area contributed by atoms with Crippen LogP contribution < -0.4 is 15.0 Å². The lowest BCUT2D eigenvalue weighted by Gasteiger charge is -2.40. The number of amides is 1. The first kappa shape index (κ1) is 27.3. The molecule has 2 aromatic heterocycles. The number of aliphatic hydroxyl groups excluding tert-OH is 1. The molecule has 4 heterocycles. The number of benzene rings is 2. The van der Waals surface area contributed by atoms with Crippen molar-refractivity contribution in [1.82, 2.24) is 19.9 Å². The van der Waals surface area contributed by atoms with Crippen LogP contribution in [-0.2, 0) is 0 Å². The monoisotopic (exact) mass is 565 g/mol. The Morgan fingerprint density at radius 1 is 1.26 bits per heavy atom. The average Bonchev–Trinajstić information content (AvgIpc) is 3.56. The number of anilines is 2. The lowest BCUT2D eigenvalue weighted by molar-refractivity contribution is 0.0899. The van der Waals surface area contributed by atoms with Crippen molar-refractivity contribution >= 4 is 17.3 Å². The molecule has 2 aliphatic heterocycles. The van der Waals surface area contributed by atoms with Gasteiger partial charge < -0.3 is 20.1 Å². The molecule has 0 aliphatic carbocycles. The van der Waals surface area contributed by atoms with E-state index in [0.29, 0.717) is 23.4 Å². The predicted molar refractivity (Wildman–Crippen MR) is 155 cm³/mol. The van der Waals surface area contributed by atoms with Crippen LogP contribution in [0.4, 0.5) is 15.8 Å². The Balaban J connectivity index is 1.38. The lowest BCUT2D eigenvalue weighted by Crippen LogP contribution is -2.54. The van der Waals surface area contributed by atoms with Gasteiger partial charge in [-0.3, -0.25) is 14.7 Å². The molecule has 2 aliphatic rings. The van der Waals surface area contributed by atoms with Crippen LogP contribution in [0.1, 0.15) is 22.5 Å². The summed E-state index contributed by atoms with van der Waals surface area (Å²) in [5, 5.41) is 22.9. The highest BCUT2D eigenvalue weighted by Crippen LogP contribution is 2.44. The van der Waals surface area contributed by atoms with E-state index >= 15 is 0 Å². The second-order valence-corrected chi connectivity index (χ2v) is 10.6. The molecule has 0 saturated carbocycles. The standard InChI is InChI=1S/C31H28FN7O3/c1-38-16-21-13-31(38,18-40)17-39(21)26-12-19(22-15-34-10-8-20(22)14-33)6-7-24(26)37-30(41)25-9-11-35-29(36-25)28-23(32)4-3-5-27(28)42-2/h3-12,15,21,40H,13,16-18H2,1-2H3,(H,37,41)/t21-,31-/m0/s1. The topological polar surface area (TPSA) is 128 Å². The zero-order valence-electron chi connectivity index (χ0n) is 23.1. The zero-order chi connectivity index (χ0) is 29.4. The Labute approximate surface area is 242 Å². The number of likely N-dealkylation sites (N-methyl/N-ethyl adjacent to an activating group) is 1. The number of rotatable bonds is 7. The summed E-state index contributed by atoms with van der Waals surface area (Å²) in [7, 11) is 3.44. The van der Waals surface area contributed by atoms with Crippen molar-refractivity contribution in [2.45, 2.75) is 18.0 Å². The summed E-state index contributed by atoms with van der Waals surface area (Å²) < 4.78 is 20.0. The van der Waals surface area contributed by atoms with Crippen LogP contribution >= 0.6 is 0 Å². The van der Waals surface area contributed by atoms with E-state index in [9.17, 15) is 19.6 Å². The molecule has 4 aromatic rings. The number of hydrogen-bond acceptors (Lipinski definition) is 9. The molecular weight excluding hydrogens is 537 g/mol. The van der Waals surface area contributed by atoms with Gasteiger partial charge in [-0.1, -0.05) is 12.1 Å². The molecule has 2 aromatic carbocycles. The maximum atomic E-state index is 14.7. The van der Waals surface area contributed by atoms with E-state index in [2.05, 4.69) is 36.1 Å². The number of carbonyl (C=O) groups excluding carboxylic acids is 1. The molecule has 2 N–H and O–H groups in total. The number of pyridine rings is 1. The van der Waals surface area contributed by atoms with Gasteiger partial charge in [-0.15, -0.1) is 0 Å². The van der Waals surface area contributed by atoms with Gasteiger partial charge in [0.2, 0.25) is 0 Å². The lowest BCUT2D eigenvalue weighted by atomic mass is 10.00. The number of ether oxygens (including phenoxy) is 1. The first-order chi connectivity index (χ1) is 20.4. The van der Waals surface area contributed by atoms with Crippen LogP contribution in [0.5, 0.6) is 5.75 Å². The fraction of sp³-hybridized carbons (Fsp3) is 0.258. The van der Waals surface area contributed by atoms with Crippen molar-refractivity contribution in [2.24, 2.45) is 0 Å². The Hall–Kier alpha value is -4.92. The second-order valence-electron chi connectivity index (χ2n) is 10.6. The predicted octanol–water partition coefficient (Wildman–Crippen LogP) is 3.73. The molecule has 212 valence electrons. The molecule has 0 unspecified atom stereocenters. The van der Waals surface area contributed by atoms with Crippen LogP contribution in [0.2, 0.25) is 0 Å². The molecule has 1 amide bonds. The fourth-order valence-corrected chi connectivity index (χ4v) is 5.97. The number of aromatic nitrogens is 3. The minimum atomic E-state index is -0.566. The fourth-order valence-electron chi connectivity index (χ4n) is 5.97. The summed E-state index contributed by atoms with van der Waals surface area (Å²) in [5.41, 5.74) is 2.97. The van der Waals surface area contributed by atoms with Gasteiger partial charge in [-0.05, 0) is 55.4 Å². The molecule has 2 fully saturated rings. The molecule has 2 saturated heterocycles. The van der Waals surface area contributed by atoms with Crippen molar-refractivity contribution in [3.05, 3.63) is 84.2 Å². The molecule has 0 spiro atoms. The van der Waals surface area contributed by atoms with E-state index < -0.39 is 11.7 Å². The van der Waals surface area contributed by atoms with E-state index in [1.54, 1.807) is 30.6 Å². The summed E-state index contributed by atoms with van der Waals surface area (Å²) in [4.78, 5) is 30.7. The number of halogens is 1. The molecule has 0 radical (unpaired) electrons. The molecular formula is C31H28FN7O3. The van der Waals surface area contributed by atoms with Crippen LogP contribution in [0.15, 0.2) is 67.1 Å². The third kappa shape index (κ3) is 4.60. The molecule has 6 rings (SSSR count). The maximum absolute atomic E-state index is 14.7.